The fraction of sp³-hybridized carbons (Fsp3) is 0.357. The van der Waals surface area contributed by atoms with Crippen LogP contribution in [0.4, 0.5) is 0 Å². The first-order valence-electron chi connectivity index (χ1n) is 6.07. The maximum Gasteiger partial charge on any atom is 0.338 e. The summed E-state index contributed by atoms with van der Waals surface area (Å²) in [5, 5.41) is 8.03. The highest BCUT2D eigenvalue weighted by molar-refractivity contribution is 6.33. The van der Waals surface area contributed by atoms with Crippen molar-refractivity contribution in [1.29, 1.82) is 0 Å². The predicted octanol–water partition coefficient (Wildman–Crippen LogP) is 2.30. The molecule has 0 heterocycles. The number of hydrogen-bond acceptors (Lipinski definition) is 4. The van der Waals surface area contributed by atoms with E-state index in [2.05, 4.69) is 0 Å². The van der Waals surface area contributed by atoms with Crippen molar-refractivity contribution in [3.05, 3.63) is 34.9 Å². The largest absolute Gasteiger partial charge is 0.481 e. The minimum Gasteiger partial charge on any atom is -0.481 e. The van der Waals surface area contributed by atoms with Gasteiger partial charge in [-0.3, -0.25) is 9.59 Å². The SMILES string of the molecule is CCOC(=O)c1ccc(CC(=O)O)c(C(=O)C(C)Cl)c1. The van der Waals surface area contributed by atoms with E-state index in [1.165, 1.54) is 25.1 Å². The van der Waals surface area contributed by atoms with Crippen LogP contribution in [0.3, 0.4) is 0 Å². The van der Waals surface area contributed by atoms with Crippen molar-refractivity contribution in [3.63, 3.8) is 0 Å². The van der Waals surface area contributed by atoms with Gasteiger partial charge in [-0.05, 0) is 31.5 Å². The Bertz CT molecular complexity index is 536. The fourth-order valence-electron chi connectivity index (χ4n) is 1.68. The second kappa shape index (κ2) is 7.05. The number of benzene rings is 1. The van der Waals surface area contributed by atoms with E-state index in [1.807, 2.05) is 0 Å². The van der Waals surface area contributed by atoms with Crippen LogP contribution >= 0.6 is 11.6 Å². The van der Waals surface area contributed by atoms with Gasteiger partial charge in [-0.2, -0.15) is 0 Å². The Morgan fingerprint density at radius 2 is 2.00 bits per heavy atom. The van der Waals surface area contributed by atoms with Gasteiger partial charge in [0.05, 0.1) is 24.0 Å². The summed E-state index contributed by atoms with van der Waals surface area (Å²) in [5.41, 5.74) is 0.658. The number of ether oxygens (including phenoxy) is 1. The molecule has 0 aliphatic heterocycles. The topological polar surface area (TPSA) is 80.7 Å². The lowest BCUT2D eigenvalue weighted by atomic mass is 9.97. The van der Waals surface area contributed by atoms with E-state index >= 15 is 0 Å². The van der Waals surface area contributed by atoms with Crippen LogP contribution in [0.5, 0.6) is 0 Å². The number of aliphatic carboxylic acids is 1. The Morgan fingerprint density at radius 3 is 2.50 bits per heavy atom. The third-order valence-corrected chi connectivity index (χ3v) is 2.79. The number of carboxylic acid groups (broad SMARTS) is 1. The Balaban J connectivity index is 3.24. The van der Waals surface area contributed by atoms with Crippen LogP contribution in [-0.4, -0.2) is 34.8 Å². The van der Waals surface area contributed by atoms with Crippen LogP contribution in [-0.2, 0) is 16.0 Å². The van der Waals surface area contributed by atoms with Crippen LogP contribution in [0, 0.1) is 0 Å². The lowest BCUT2D eigenvalue weighted by Crippen LogP contribution is -2.16. The number of hydrogen-bond donors (Lipinski definition) is 1. The first kappa shape index (κ1) is 16.2. The van der Waals surface area contributed by atoms with E-state index in [0.29, 0.717) is 5.56 Å². The summed E-state index contributed by atoms with van der Waals surface area (Å²) in [6, 6.07) is 4.20. The second-order valence-corrected chi connectivity index (χ2v) is 4.80. The average molecular weight is 299 g/mol. The fourth-order valence-corrected chi connectivity index (χ4v) is 1.80. The lowest BCUT2D eigenvalue weighted by molar-refractivity contribution is -0.136. The van der Waals surface area contributed by atoms with Crippen molar-refractivity contribution < 1.29 is 24.2 Å². The van der Waals surface area contributed by atoms with Crippen molar-refractivity contribution in [3.8, 4) is 0 Å². The molecule has 0 saturated heterocycles. The molecule has 108 valence electrons. The van der Waals surface area contributed by atoms with Gasteiger partial charge >= 0.3 is 11.9 Å². The van der Waals surface area contributed by atoms with Crippen LogP contribution < -0.4 is 0 Å². The standard InChI is InChI=1S/C14H15ClO5/c1-3-20-14(19)10-5-4-9(7-12(16)17)11(6-10)13(18)8(2)15/h4-6,8H,3,7H2,1-2H3,(H,16,17). The highest BCUT2D eigenvalue weighted by Gasteiger charge is 2.20. The predicted molar refractivity (Wildman–Crippen MR) is 73.4 cm³/mol. The summed E-state index contributed by atoms with van der Waals surface area (Å²) in [6.07, 6.45) is -0.312. The van der Waals surface area contributed by atoms with E-state index in [1.54, 1.807) is 6.92 Å². The summed E-state index contributed by atoms with van der Waals surface area (Å²) in [6.45, 7) is 3.37. The molecule has 0 radical (unpaired) electrons. The second-order valence-electron chi connectivity index (χ2n) is 4.14. The monoisotopic (exact) mass is 298 g/mol. The Labute approximate surface area is 121 Å². The van der Waals surface area contributed by atoms with Gasteiger partial charge in [-0.25, -0.2) is 4.79 Å². The zero-order valence-electron chi connectivity index (χ0n) is 11.2. The van der Waals surface area contributed by atoms with Crippen molar-refractivity contribution in [2.75, 3.05) is 6.61 Å². The van der Waals surface area contributed by atoms with Gasteiger partial charge in [0, 0.05) is 5.56 Å². The molecule has 6 heteroatoms. The minimum absolute atomic E-state index is 0.139. The number of alkyl halides is 1. The van der Waals surface area contributed by atoms with E-state index < -0.39 is 23.1 Å². The van der Waals surface area contributed by atoms with Crippen LogP contribution in [0.25, 0.3) is 0 Å². The number of ketones is 1. The third-order valence-electron chi connectivity index (χ3n) is 2.59. The van der Waals surface area contributed by atoms with Crippen LogP contribution in [0.15, 0.2) is 18.2 Å². The minimum atomic E-state index is -1.06. The number of esters is 1. The zero-order valence-corrected chi connectivity index (χ0v) is 11.9. The molecule has 0 aliphatic carbocycles. The molecular weight excluding hydrogens is 284 g/mol. The molecule has 1 unspecified atom stereocenters. The van der Waals surface area contributed by atoms with Gasteiger partial charge in [0.1, 0.15) is 0 Å². The maximum absolute atomic E-state index is 12.0. The average Bonchev–Trinajstić information content (AvgIpc) is 2.37. The van der Waals surface area contributed by atoms with Crippen molar-refractivity contribution in [2.24, 2.45) is 0 Å². The Kier molecular flexibility index (Phi) is 5.70. The number of carbonyl (C=O) groups is 3. The van der Waals surface area contributed by atoms with E-state index in [0.717, 1.165) is 0 Å². The number of Topliss-reactive ketones (excluding diaryl/α,β-unsaturated/α-hetero) is 1. The molecule has 1 N–H and O–H groups in total. The molecule has 1 aromatic rings. The lowest BCUT2D eigenvalue weighted by Gasteiger charge is -2.10. The summed E-state index contributed by atoms with van der Waals surface area (Å²) < 4.78 is 4.84. The summed E-state index contributed by atoms with van der Waals surface area (Å²) >= 11 is 5.75. The molecule has 1 rings (SSSR count). The number of carbonyl (C=O) groups excluding carboxylic acids is 2. The maximum atomic E-state index is 12.0. The molecular formula is C14H15ClO5. The van der Waals surface area contributed by atoms with Gasteiger partial charge in [0.15, 0.2) is 5.78 Å². The molecule has 1 atom stereocenters. The first-order valence-corrected chi connectivity index (χ1v) is 6.50. The molecule has 5 nitrogen and oxygen atoms in total. The molecule has 0 amide bonds. The van der Waals surface area contributed by atoms with Crippen LogP contribution in [0.2, 0.25) is 0 Å². The van der Waals surface area contributed by atoms with Crippen molar-refractivity contribution in [1.82, 2.24) is 0 Å². The van der Waals surface area contributed by atoms with E-state index in [-0.39, 0.29) is 24.2 Å². The molecule has 1 aromatic carbocycles. The van der Waals surface area contributed by atoms with Crippen molar-refractivity contribution in [2.45, 2.75) is 25.6 Å². The summed E-state index contributed by atoms with van der Waals surface area (Å²) in [7, 11) is 0. The van der Waals surface area contributed by atoms with Gasteiger partial charge in [-0.1, -0.05) is 6.07 Å². The number of rotatable bonds is 6. The molecule has 20 heavy (non-hydrogen) atoms. The molecule has 0 aromatic heterocycles. The van der Waals surface area contributed by atoms with Crippen LogP contribution in [0.1, 0.15) is 40.1 Å². The van der Waals surface area contributed by atoms with Gasteiger partial charge < -0.3 is 9.84 Å². The summed E-state index contributed by atoms with van der Waals surface area (Å²) in [5.74, 6) is -2.05. The highest BCUT2D eigenvalue weighted by Crippen LogP contribution is 2.18. The molecule has 0 saturated carbocycles. The molecule has 0 aliphatic rings. The van der Waals surface area contributed by atoms with Gasteiger partial charge in [-0.15, -0.1) is 11.6 Å². The number of halogens is 1. The Morgan fingerprint density at radius 1 is 1.35 bits per heavy atom. The first-order chi connectivity index (χ1) is 9.36. The van der Waals surface area contributed by atoms with E-state index in [9.17, 15) is 14.4 Å². The normalized spacial score (nSPS) is 11.8. The zero-order chi connectivity index (χ0) is 15.3. The third kappa shape index (κ3) is 4.06. The van der Waals surface area contributed by atoms with Gasteiger partial charge in [0.2, 0.25) is 0 Å². The van der Waals surface area contributed by atoms with Crippen molar-refractivity contribution >= 4 is 29.3 Å². The smallest absolute Gasteiger partial charge is 0.338 e. The van der Waals surface area contributed by atoms with E-state index in [4.69, 9.17) is 21.4 Å². The number of carboxylic acids is 1. The molecule has 0 fully saturated rings. The van der Waals surface area contributed by atoms with Gasteiger partial charge in [0.25, 0.3) is 0 Å². The highest BCUT2D eigenvalue weighted by atomic mass is 35.5. The Hall–Kier alpha value is -1.88. The molecule has 0 spiro atoms. The summed E-state index contributed by atoms with van der Waals surface area (Å²) in [4.78, 5) is 34.4. The molecule has 0 bridgehead atoms. The quantitative estimate of drug-likeness (QED) is 0.495.